The first-order valence-corrected chi connectivity index (χ1v) is 14.6. The summed E-state index contributed by atoms with van der Waals surface area (Å²) < 4.78 is 0. The van der Waals surface area contributed by atoms with E-state index in [0.717, 1.165) is 25.7 Å². The lowest BCUT2D eigenvalue weighted by Crippen LogP contribution is -2.73. The van der Waals surface area contributed by atoms with Gasteiger partial charge in [-0.3, -0.25) is 9.59 Å². The van der Waals surface area contributed by atoms with Gasteiger partial charge in [0.1, 0.15) is 5.41 Å². The van der Waals surface area contributed by atoms with Gasteiger partial charge < -0.3 is 30.6 Å². The molecule has 0 aromatic heterocycles. The number of aliphatic carboxylic acids is 2. The lowest BCUT2D eigenvalue weighted by molar-refractivity contribution is -0.287. The maximum atomic E-state index is 12.9. The third kappa shape index (κ3) is 3.18. The Balaban J connectivity index is 1.60. The van der Waals surface area contributed by atoms with Crippen molar-refractivity contribution in [2.45, 2.75) is 111 Å². The molecule has 0 bridgehead atoms. The van der Waals surface area contributed by atoms with Gasteiger partial charge in [-0.2, -0.15) is 0 Å². The molecule has 5 saturated carbocycles. The molecule has 0 spiro atoms. The Kier molecular flexibility index (Phi) is 6.26. The summed E-state index contributed by atoms with van der Waals surface area (Å²) in [5, 5.41) is 64.9. The topological polar surface area (TPSA) is 156 Å². The van der Waals surface area contributed by atoms with Crippen LogP contribution >= 0.6 is 0 Å². The molecule has 0 amide bonds. The largest absolute Gasteiger partial charge is 0.481 e. The van der Waals surface area contributed by atoms with Crippen LogP contribution in [0.4, 0.5) is 0 Å². The van der Waals surface area contributed by atoms with E-state index in [0.29, 0.717) is 25.7 Å². The molecule has 0 aliphatic heterocycles. The van der Waals surface area contributed by atoms with Crippen LogP contribution in [0.1, 0.15) is 92.4 Å². The van der Waals surface area contributed by atoms with Crippen LogP contribution in [0.5, 0.6) is 0 Å². The summed E-state index contributed by atoms with van der Waals surface area (Å²) in [6.45, 7) is 10.2. The van der Waals surface area contributed by atoms with Crippen molar-refractivity contribution in [3.63, 3.8) is 0 Å². The molecule has 0 unspecified atom stereocenters. The van der Waals surface area contributed by atoms with Crippen molar-refractivity contribution in [3.05, 3.63) is 0 Å². The molecular weight excluding hydrogens is 488 g/mol. The highest BCUT2D eigenvalue weighted by Gasteiger charge is 2.75. The van der Waals surface area contributed by atoms with Gasteiger partial charge in [-0.05, 0) is 103 Å². The first kappa shape index (κ1) is 28.3. The maximum Gasteiger partial charge on any atom is 0.315 e. The van der Waals surface area contributed by atoms with E-state index in [9.17, 15) is 40.2 Å². The predicted molar refractivity (Wildman–Crippen MR) is 139 cm³/mol. The molecule has 38 heavy (non-hydrogen) atoms. The van der Waals surface area contributed by atoms with Crippen molar-refractivity contribution >= 4 is 11.9 Å². The second kappa shape index (κ2) is 8.40. The molecule has 5 rings (SSSR count). The predicted octanol–water partition coefficient (Wildman–Crippen LogP) is 3.29. The average molecular weight is 537 g/mol. The fourth-order valence-corrected chi connectivity index (χ4v) is 11.7. The Hall–Kier alpha value is -1.22. The van der Waals surface area contributed by atoms with Crippen LogP contribution in [-0.2, 0) is 9.59 Å². The number of carboxylic acids is 2. The number of aliphatic hydroxyl groups excluding tert-OH is 4. The van der Waals surface area contributed by atoms with Crippen molar-refractivity contribution < 1.29 is 40.2 Å². The molecule has 0 radical (unpaired) electrons. The van der Waals surface area contributed by atoms with E-state index in [1.165, 1.54) is 0 Å². The quantitative estimate of drug-likeness (QED) is 0.321. The smallest absolute Gasteiger partial charge is 0.315 e. The molecule has 12 atom stereocenters. The number of carbonyl (C=O) groups is 2. The molecule has 0 aromatic rings. The number of carboxylic acid groups (broad SMARTS) is 2. The van der Waals surface area contributed by atoms with E-state index >= 15 is 0 Å². The summed E-state index contributed by atoms with van der Waals surface area (Å²) in [5.41, 5.74) is -4.30. The molecule has 6 N–H and O–H groups in total. The van der Waals surface area contributed by atoms with Gasteiger partial charge in [-0.25, -0.2) is 0 Å². The van der Waals surface area contributed by atoms with E-state index in [2.05, 4.69) is 27.7 Å². The summed E-state index contributed by atoms with van der Waals surface area (Å²) in [5.74, 6) is -2.68. The highest BCUT2D eigenvalue weighted by Crippen LogP contribution is 2.77. The summed E-state index contributed by atoms with van der Waals surface area (Å²) in [7, 11) is 0. The van der Waals surface area contributed by atoms with Gasteiger partial charge in [0.25, 0.3) is 0 Å². The highest BCUT2D eigenvalue weighted by molar-refractivity contribution is 5.77. The van der Waals surface area contributed by atoms with Gasteiger partial charge in [-0.1, -0.05) is 34.6 Å². The third-order valence-electron chi connectivity index (χ3n) is 13.8. The van der Waals surface area contributed by atoms with Crippen LogP contribution < -0.4 is 0 Å². The van der Waals surface area contributed by atoms with E-state index in [4.69, 9.17) is 0 Å². The average Bonchev–Trinajstić information content (AvgIpc) is 2.80. The zero-order valence-electron chi connectivity index (χ0n) is 23.6. The van der Waals surface area contributed by atoms with Crippen molar-refractivity contribution in [1.29, 1.82) is 0 Å². The van der Waals surface area contributed by atoms with Crippen LogP contribution in [-0.4, -0.2) is 67.5 Å². The van der Waals surface area contributed by atoms with Crippen LogP contribution in [0.3, 0.4) is 0 Å². The Morgan fingerprint density at radius 2 is 1.39 bits per heavy atom. The zero-order valence-corrected chi connectivity index (χ0v) is 23.6. The second-order valence-electron chi connectivity index (χ2n) is 15.4. The van der Waals surface area contributed by atoms with Crippen LogP contribution in [0.2, 0.25) is 0 Å². The number of fused-ring (bicyclic) bond motifs is 7. The molecule has 5 aliphatic carbocycles. The van der Waals surface area contributed by atoms with E-state index < -0.39 is 59.0 Å². The number of hydrogen-bond acceptors (Lipinski definition) is 6. The summed E-state index contributed by atoms with van der Waals surface area (Å²) in [6, 6.07) is 0. The van der Waals surface area contributed by atoms with Gasteiger partial charge in [0, 0.05) is 0 Å². The normalized spacial score (nSPS) is 55.6. The maximum absolute atomic E-state index is 12.9. The van der Waals surface area contributed by atoms with Crippen LogP contribution in [0.15, 0.2) is 0 Å². The minimum Gasteiger partial charge on any atom is -0.481 e. The zero-order chi connectivity index (χ0) is 28.3. The summed E-state index contributed by atoms with van der Waals surface area (Å²) in [4.78, 5) is 25.5. The van der Waals surface area contributed by atoms with Gasteiger partial charge in [0.15, 0.2) is 0 Å². The fraction of sp³-hybridized carbons (Fsp3) is 0.933. The molecular formula is C30H48O8. The Morgan fingerprint density at radius 1 is 0.737 bits per heavy atom. The molecule has 0 saturated heterocycles. The van der Waals surface area contributed by atoms with Crippen molar-refractivity contribution in [3.8, 4) is 0 Å². The van der Waals surface area contributed by atoms with Crippen LogP contribution in [0.25, 0.3) is 0 Å². The van der Waals surface area contributed by atoms with Crippen molar-refractivity contribution in [2.24, 2.45) is 56.2 Å². The van der Waals surface area contributed by atoms with Gasteiger partial charge >= 0.3 is 11.9 Å². The van der Waals surface area contributed by atoms with Crippen LogP contribution in [0, 0.1) is 56.2 Å². The van der Waals surface area contributed by atoms with Crippen molar-refractivity contribution in [1.82, 2.24) is 0 Å². The van der Waals surface area contributed by atoms with E-state index in [-0.39, 0.29) is 40.4 Å². The first-order valence-electron chi connectivity index (χ1n) is 14.6. The monoisotopic (exact) mass is 536 g/mol. The van der Waals surface area contributed by atoms with Gasteiger partial charge in [-0.15, -0.1) is 0 Å². The molecule has 0 aromatic carbocycles. The Bertz CT molecular complexity index is 1010. The molecule has 8 heteroatoms. The summed E-state index contributed by atoms with van der Waals surface area (Å²) >= 11 is 0. The lowest BCUT2D eigenvalue weighted by atomic mass is 9.31. The standard InChI is InChI=1S/C30H48O8/c1-25(2)10-11-29(23(35)36)17(12-25)16-6-7-19-26(3)13-18(32)22(34)30(15-31,24(37)38)20(26)8-9-27(19,4)28(16,5)14-21(29)33/h16-22,31-34H,6-15H2,1-5H3,(H,35,36)(H,37,38)/t16-,17-,18-,19+,20-,21-,22-,26+,27+,28+,29+,30+/m0/s1. The lowest BCUT2D eigenvalue weighted by Gasteiger charge is -2.74. The Labute approximate surface area is 225 Å². The van der Waals surface area contributed by atoms with Crippen molar-refractivity contribution in [2.75, 3.05) is 6.61 Å². The highest BCUT2D eigenvalue weighted by atomic mass is 16.4. The Morgan fingerprint density at radius 3 is 1.97 bits per heavy atom. The molecule has 5 fully saturated rings. The third-order valence-corrected chi connectivity index (χ3v) is 13.8. The number of hydrogen-bond donors (Lipinski definition) is 6. The van der Waals surface area contributed by atoms with E-state index in [1.54, 1.807) is 0 Å². The molecule has 0 heterocycles. The fourth-order valence-electron chi connectivity index (χ4n) is 11.7. The SMILES string of the molecule is CC1(C)CC[C@]2(C(=O)O)[C@@H](O)C[C@]3(C)[C@@H](CC[C@@H]4[C@@]5(C)C[C@H](O)[C@H](O)[C@](CO)(C(=O)O)[C@H]5CC[C@]43C)[C@@H]2C1. The minimum absolute atomic E-state index is 0.00329. The second-order valence-corrected chi connectivity index (χ2v) is 15.4. The minimum atomic E-state index is -1.83. The van der Waals surface area contributed by atoms with Gasteiger partial charge in [0.05, 0.1) is 30.3 Å². The number of rotatable bonds is 3. The molecule has 216 valence electrons. The van der Waals surface area contributed by atoms with E-state index in [1.807, 2.05) is 6.92 Å². The number of aliphatic hydroxyl groups is 4. The van der Waals surface area contributed by atoms with Gasteiger partial charge in [0.2, 0.25) is 0 Å². The molecule has 8 nitrogen and oxygen atoms in total. The first-order chi connectivity index (χ1) is 17.5. The summed E-state index contributed by atoms with van der Waals surface area (Å²) in [6.07, 6.45) is 1.62. The molecule has 5 aliphatic rings.